The number of carbonyl (C=O) groups is 1. The second-order valence-corrected chi connectivity index (χ2v) is 4.31. The number of phenols is 2. The van der Waals surface area contributed by atoms with Crippen LogP contribution in [0.5, 0.6) is 11.5 Å². The molecule has 4 heteroatoms. The molecule has 0 aliphatic carbocycles. The molecule has 2 N–H and O–H groups in total. The maximum Gasteiger partial charge on any atom is 0.164 e. The van der Waals surface area contributed by atoms with Gasteiger partial charge in [-0.15, -0.1) is 0 Å². The molecule has 0 unspecified atom stereocenters. The molecular formula is C13H18O4. The van der Waals surface area contributed by atoms with E-state index in [0.717, 1.165) is 5.56 Å². The van der Waals surface area contributed by atoms with Crippen LogP contribution in [0.1, 0.15) is 19.4 Å². The molecule has 1 rings (SSSR count). The maximum absolute atomic E-state index is 11.8. The Kier molecular flexibility index (Phi) is 4.52. The van der Waals surface area contributed by atoms with Gasteiger partial charge in [-0.25, -0.2) is 0 Å². The number of methoxy groups -OCH3 is 1. The average Bonchev–Trinajstić information content (AvgIpc) is 2.29. The monoisotopic (exact) mass is 238 g/mol. The SMILES string of the molecule is CO[C@H](Cc1ccc(O)c(O)c1)C(=O)C(C)C. The van der Waals surface area contributed by atoms with Crippen LogP contribution in [0, 0.1) is 5.92 Å². The predicted octanol–water partition coefficient (Wildman–Crippen LogP) is 1.88. The number of ether oxygens (including phenoxy) is 1. The molecule has 0 saturated heterocycles. The van der Waals surface area contributed by atoms with Gasteiger partial charge in [0, 0.05) is 19.4 Å². The molecule has 0 aliphatic heterocycles. The van der Waals surface area contributed by atoms with Gasteiger partial charge in [-0.05, 0) is 17.7 Å². The number of hydrogen-bond acceptors (Lipinski definition) is 4. The smallest absolute Gasteiger partial charge is 0.164 e. The normalized spacial score (nSPS) is 12.7. The first-order chi connectivity index (χ1) is 7.95. The van der Waals surface area contributed by atoms with E-state index in [9.17, 15) is 15.0 Å². The highest BCUT2D eigenvalue weighted by Crippen LogP contribution is 2.25. The van der Waals surface area contributed by atoms with Crippen molar-refractivity contribution >= 4 is 5.78 Å². The van der Waals surface area contributed by atoms with E-state index < -0.39 is 6.10 Å². The summed E-state index contributed by atoms with van der Waals surface area (Å²) in [6.45, 7) is 3.64. The van der Waals surface area contributed by atoms with E-state index in [4.69, 9.17) is 4.74 Å². The Morgan fingerprint density at radius 1 is 1.29 bits per heavy atom. The van der Waals surface area contributed by atoms with Gasteiger partial charge in [-0.3, -0.25) is 4.79 Å². The maximum atomic E-state index is 11.8. The third-order valence-electron chi connectivity index (χ3n) is 2.63. The van der Waals surface area contributed by atoms with E-state index in [1.807, 2.05) is 13.8 Å². The molecule has 17 heavy (non-hydrogen) atoms. The number of aromatic hydroxyl groups is 2. The molecule has 0 aromatic heterocycles. The van der Waals surface area contributed by atoms with Gasteiger partial charge in [0.2, 0.25) is 0 Å². The number of hydrogen-bond donors (Lipinski definition) is 2. The summed E-state index contributed by atoms with van der Waals surface area (Å²) >= 11 is 0. The van der Waals surface area contributed by atoms with Gasteiger partial charge < -0.3 is 14.9 Å². The molecule has 0 fully saturated rings. The lowest BCUT2D eigenvalue weighted by atomic mass is 9.98. The van der Waals surface area contributed by atoms with Crippen molar-refractivity contribution in [1.82, 2.24) is 0 Å². The number of carbonyl (C=O) groups excluding carboxylic acids is 1. The first-order valence-corrected chi connectivity index (χ1v) is 5.53. The van der Waals surface area contributed by atoms with Crippen LogP contribution in [0.3, 0.4) is 0 Å². The molecule has 1 atom stereocenters. The second-order valence-electron chi connectivity index (χ2n) is 4.31. The summed E-state index contributed by atoms with van der Waals surface area (Å²) < 4.78 is 5.15. The highest BCUT2D eigenvalue weighted by Gasteiger charge is 2.21. The van der Waals surface area contributed by atoms with Crippen molar-refractivity contribution in [2.24, 2.45) is 5.92 Å². The Morgan fingerprint density at radius 3 is 2.41 bits per heavy atom. The predicted molar refractivity (Wildman–Crippen MR) is 64.1 cm³/mol. The number of ketones is 1. The third kappa shape index (κ3) is 3.46. The fourth-order valence-electron chi connectivity index (χ4n) is 1.58. The van der Waals surface area contributed by atoms with Crippen LogP contribution in [0.4, 0.5) is 0 Å². The zero-order valence-electron chi connectivity index (χ0n) is 10.3. The van der Waals surface area contributed by atoms with E-state index in [2.05, 4.69) is 0 Å². The second kappa shape index (κ2) is 5.68. The van der Waals surface area contributed by atoms with Crippen LogP contribution in [0.2, 0.25) is 0 Å². The Labute approximate surface area is 101 Å². The molecule has 4 nitrogen and oxygen atoms in total. The van der Waals surface area contributed by atoms with Gasteiger partial charge >= 0.3 is 0 Å². The highest BCUT2D eigenvalue weighted by molar-refractivity contribution is 5.85. The third-order valence-corrected chi connectivity index (χ3v) is 2.63. The largest absolute Gasteiger partial charge is 0.504 e. The van der Waals surface area contributed by atoms with Crippen molar-refractivity contribution in [2.45, 2.75) is 26.4 Å². The molecule has 0 bridgehead atoms. The van der Waals surface area contributed by atoms with Crippen LogP contribution in [-0.2, 0) is 16.0 Å². The molecule has 94 valence electrons. The van der Waals surface area contributed by atoms with E-state index >= 15 is 0 Å². The summed E-state index contributed by atoms with van der Waals surface area (Å²) in [7, 11) is 1.49. The van der Waals surface area contributed by atoms with Gasteiger partial charge in [-0.1, -0.05) is 19.9 Å². The van der Waals surface area contributed by atoms with Crippen LogP contribution in [-0.4, -0.2) is 29.2 Å². The van der Waals surface area contributed by atoms with Gasteiger partial charge in [0.25, 0.3) is 0 Å². The minimum atomic E-state index is -0.515. The minimum Gasteiger partial charge on any atom is -0.504 e. The molecule has 0 spiro atoms. The number of Topliss-reactive ketones (excluding diaryl/α,β-unsaturated/α-hetero) is 1. The quantitative estimate of drug-likeness (QED) is 0.769. The summed E-state index contributed by atoms with van der Waals surface area (Å²) in [4.78, 5) is 11.8. The standard InChI is InChI=1S/C13H18O4/c1-8(2)13(16)12(17-3)7-9-4-5-10(14)11(15)6-9/h4-6,8,12,14-15H,7H2,1-3H3/t12-/m1/s1. The fourth-order valence-corrected chi connectivity index (χ4v) is 1.58. The summed E-state index contributed by atoms with van der Waals surface area (Å²) in [5.74, 6) is -0.419. The zero-order chi connectivity index (χ0) is 13.0. The number of benzene rings is 1. The van der Waals surface area contributed by atoms with Gasteiger partial charge in [-0.2, -0.15) is 0 Å². The molecule has 0 aliphatic rings. The topological polar surface area (TPSA) is 66.8 Å². The number of rotatable bonds is 5. The lowest BCUT2D eigenvalue weighted by molar-refractivity contribution is -0.131. The first-order valence-electron chi connectivity index (χ1n) is 5.53. The van der Waals surface area contributed by atoms with Gasteiger partial charge in [0.15, 0.2) is 17.3 Å². The van der Waals surface area contributed by atoms with E-state index in [1.54, 1.807) is 6.07 Å². The van der Waals surface area contributed by atoms with Gasteiger partial charge in [0.1, 0.15) is 6.10 Å². The van der Waals surface area contributed by atoms with Crippen LogP contribution in [0.15, 0.2) is 18.2 Å². The van der Waals surface area contributed by atoms with Crippen molar-refractivity contribution in [3.05, 3.63) is 23.8 Å². The molecular weight excluding hydrogens is 220 g/mol. The zero-order valence-corrected chi connectivity index (χ0v) is 10.3. The Morgan fingerprint density at radius 2 is 1.94 bits per heavy atom. The van der Waals surface area contributed by atoms with Crippen LogP contribution < -0.4 is 0 Å². The van der Waals surface area contributed by atoms with E-state index in [1.165, 1.54) is 19.2 Å². The Bertz CT molecular complexity index is 398. The summed E-state index contributed by atoms with van der Waals surface area (Å²) in [5.41, 5.74) is 0.751. The lowest BCUT2D eigenvalue weighted by Crippen LogP contribution is -2.29. The van der Waals surface area contributed by atoms with Crippen molar-refractivity contribution in [1.29, 1.82) is 0 Å². The highest BCUT2D eigenvalue weighted by atomic mass is 16.5. The lowest BCUT2D eigenvalue weighted by Gasteiger charge is -2.16. The van der Waals surface area contributed by atoms with Crippen molar-refractivity contribution in [3.63, 3.8) is 0 Å². The summed E-state index contributed by atoms with van der Waals surface area (Å²) in [5, 5.41) is 18.5. The van der Waals surface area contributed by atoms with E-state index in [0.29, 0.717) is 6.42 Å². The van der Waals surface area contributed by atoms with Crippen molar-refractivity contribution in [2.75, 3.05) is 7.11 Å². The minimum absolute atomic E-state index is 0.0278. The molecule has 1 aromatic carbocycles. The molecule has 0 amide bonds. The van der Waals surface area contributed by atoms with Crippen molar-refractivity contribution < 1.29 is 19.7 Å². The Balaban J connectivity index is 2.80. The molecule has 1 aromatic rings. The molecule has 0 saturated carbocycles. The number of phenolic OH excluding ortho intramolecular Hbond substituents is 2. The average molecular weight is 238 g/mol. The molecule has 0 radical (unpaired) electrons. The van der Waals surface area contributed by atoms with E-state index in [-0.39, 0.29) is 23.2 Å². The van der Waals surface area contributed by atoms with Crippen LogP contribution >= 0.6 is 0 Å². The van der Waals surface area contributed by atoms with Gasteiger partial charge in [0.05, 0.1) is 0 Å². The summed E-state index contributed by atoms with van der Waals surface area (Å²) in [6, 6.07) is 4.50. The van der Waals surface area contributed by atoms with Crippen molar-refractivity contribution in [3.8, 4) is 11.5 Å². The molecule has 0 heterocycles. The Hall–Kier alpha value is -1.55. The van der Waals surface area contributed by atoms with Crippen LogP contribution in [0.25, 0.3) is 0 Å². The first kappa shape index (κ1) is 13.5. The fraction of sp³-hybridized carbons (Fsp3) is 0.462. The summed E-state index contributed by atoms with van der Waals surface area (Å²) in [6.07, 6.45) is -0.125.